The Bertz CT molecular complexity index is 1020. The summed E-state index contributed by atoms with van der Waals surface area (Å²) in [7, 11) is 0. The molecule has 2 aromatic carbocycles. The lowest BCUT2D eigenvalue weighted by molar-refractivity contribution is -0.00657. The van der Waals surface area contributed by atoms with Crippen molar-refractivity contribution in [3.8, 4) is 17.6 Å². The molecule has 0 aliphatic heterocycles. The minimum absolute atomic E-state index is 0.0601. The number of aliphatic hydroxyl groups excluding tert-OH is 1. The first-order valence-corrected chi connectivity index (χ1v) is 11.8. The van der Waals surface area contributed by atoms with Gasteiger partial charge in [-0.1, -0.05) is 30.0 Å². The summed E-state index contributed by atoms with van der Waals surface area (Å²) in [5, 5.41) is 19.3. The zero-order valence-corrected chi connectivity index (χ0v) is 18.3. The van der Waals surface area contributed by atoms with Gasteiger partial charge in [-0.2, -0.15) is 0 Å². The number of carboxylic acid groups (broad SMARTS) is 1. The van der Waals surface area contributed by atoms with Crippen LogP contribution in [0.1, 0.15) is 72.0 Å². The number of ether oxygens (including phenoxy) is 1. The maximum atomic E-state index is 12.2. The summed E-state index contributed by atoms with van der Waals surface area (Å²) in [6.45, 7) is 0.481. The molecule has 0 unspecified atom stereocenters. The van der Waals surface area contributed by atoms with Crippen LogP contribution in [0.25, 0.3) is 0 Å². The first-order chi connectivity index (χ1) is 15.6. The second kappa shape index (κ2) is 8.64. The third kappa shape index (κ3) is 3.91. The molecule has 4 heteroatoms. The van der Waals surface area contributed by atoms with Crippen molar-refractivity contribution in [1.82, 2.24) is 0 Å². The molecule has 0 radical (unpaired) electrons. The summed E-state index contributed by atoms with van der Waals surface area (Å²) in [5.74, 6) is 8.45. The highest BCUT2D eigenvalue weighted by Crippen LogP contribution is 2.62. The maximum Gasteiger partial charge on any atom is 0.336 e. The highest BCUT2D eigenvalue weighted by molar-refractivity contribution is 5.92. The van der Waals surface area contributed by atoms with Gasteiger partial charge in [0.2, 0.25) is 0 Å². The number of hydrogen-bond acceptors (Lipinski definition) is 3. The van der Waals surface area contributed by atoms with Crippen molar-refractivity contribution in [2.24, 2.45) is 17.8 Å². The van der Waals surface area contributed by atoms with Crippen molar-refractivity contribution >= 4 is 5.97 Å². The Morgan fingerprint density at radius 1 is 0.969 bits per heavy atom. The van der Waals surface area contributed by atoms with Gasteiger partial charge in [-0.25, -0.2) is 4.79 Å². The standard InChI is InChI=1S/C28H30O4/c29-11-4-12-32-25-10-9-24(27(30)31)23(8-7-19-5-2-1-3-6-19)26(25)28-16-20-13-21(17-28)15-22(14-20)18-28/h1-3,5-6,9-10,20-22,29H,4,11-18H2,(H,30,31). The molecule has 4 aliphatic rings. The number of rotatable bonds is 6. The van der Waals surface area contributed by atoms with Crippen LogP contribution in [0.4, 0.5) is 0 Å². The van der Waals surface area contributed by atoms with Crippen molar-refractivity contribution in [2.45, 2.75) is 50.4 Å². The second-order valence-electron chi connectivity index (χ2n) is 9.91. The molecule has 32 heavy (non-hydrogen) atoms. The molecule has 4 bridgehead atoms. The fourth-order valence-corrected chi connectivity index (χ4v) is 6.86. The molecule has 4 nitrogen and oxygen atoms in total. The monoisotopic (exact) mass is 430 g/mol. The molecule has 166 valence electrons. The summed E-state index contributed by atoms with van der Waals surface area (Å²) in [6.07, 6.45) is 7.76. The van der Waals surface area contributed by atoms with Crippen LogP contribution in [0.3, 0.4) is 0 Å². The van der Waals surface area contributed by atoms with Crippen LogP contribution in [-0.2, 0) is 5.41 Å². The molecule has 0 aromatic heterocycles. The minimum Gasteiger partial charge on any atom is -0.493 e. The average Bonchev–Trinajstić information content (AvgIpc) is 2.77. The van der Waals surface area contributed by atoms with E-state index in [2.05, 4.69) is 11.8 Å². The number of aliphatic hydroxyl groups is 1. The van der Waals surface area contributed by atoms with Gasteiger partial charge in [-0.05, 0) is 80.5 Å². The fraction of sp³-hybridized carbons (Fsp3) is 0.464. The zero-order valence-electron chi connectivity index (χ0n) is 18.3. The van der Waals surface area contributed by atoms with Gasteiger partial charge in [-0.3, -0.25) is 0 Å². The third-order valence-corrected chi connectivity index (χ3v) is 7.63. The highest BCUT2D eigenvalue weighted by atomic mass is 16.5. The van der Waals surface area contributed by atoms with E-state index in [9.17, 15) is 15.0 Å². The molecular weight excluding hydrogens is 400 g/mol. The number of carboxylic acids is 1. The fourth-order valence-electron chi connectivity index (χ4n) is 6.86. The van der Waals surface area contributed by atoms with Gasteiger partial charge in [0.05, 0.1) is 12.2 Å². The second-order valence-corrected chi connectivity index (χ2v) is 9.91. The molecule has 4 fully saturated rings. The smallest absolute Gasteiger partial charge is 0.336 e. The lowest BCUT2D eigenvalue weighted by atomic mass is 9.47. The van der Waals surface area contributed by atoms with Gasteiger partial charge in [-0.15, -0.1) is 0 Å². The van der Waals surface area contributed by atoms with Gasteiger partial charge in [0.15, 0.2) is 0 Å². The molecular formula is C28H30O4. The normalized spacial score (nSPS) is 27.6. The van der Waals surface area contributed by atoms with Crippen molar-refractivity contribution in [3.63, 3.8) is 0 Å². The highest BCUT2D eigenvalue weighted by Gasteiger charge is 2.53. The molecule has 2 N–H and O–H groups in total. The Kier molecular flexibility index (Phi) is 5.69. The Morgan fingerprint density at radius 2 is 1.62 bits per heavy atom. The quantitative estimate of drug-likeness (QED) is 0.499. The van der Waals surface area contributed by atoms with Crippen molar-refractivity contribution < 1.29 is 19.7 Å². The van der Waals surface area contributed by atoms with Gasteiger partial charge in [0.25, 0.3) is 0 Å². The molecule has 2 aromatic rings. The van der Waals surface area contributed by atoms with E-state index in [0.717, 1.165) is 53.9 Å². The van der Waals surface area contributed by atoms with Gasteiger partial charge in [0, 0.05) is 35.1 Å². The van der Waals surface area contributed by atoms with Crippen molar-refractivity contribution in [3.05, 3.63) is 64.7 Å². The summed E-state index contributed by atoms with van der Waals surface area (Å²) < 4.78 is 6.17. The van der Waals surface area contributed by atoms with Crippen LogP contribution in [0.2, 0.25) is 0 Å². The number of carbonyl (C=O) groups is 1. The van der Waals surface area contributed by atoms with Crippen molar-refractivity contribution in [2.75, 3.05) is 13.2 Å². The van der Waals surface area contributed by atoms with E-state index >= 15 is 0 Å². The van der Waals surface area contributed by atoms with Crippen LogP contribution in [0.5, 0.6) is 5.75 Å². The molecule has 0 spiro atoms. The largest absolute Gasteiger partial charge is 0.493 e. The molecule has 4 saturated carbocycles. The molecule has 0 atom stereocenters. The Balaban J connectivity index is 1.67. The molecule has 0 heterocycles. The van der Waals surface area contributed by atoms with Crippen LogP contribution >= 0.6 is 0 Å². The predicted octanol–water partition coefficient (Wildman–Crippen LogP) is 5.01. The van der Waals surface area contributed by atoms with Gasteiger partial charge >= 0.3 is 5.97 Å². The number of hydrogen-bond donors (Lipinski definition) is 2. The average molecular weight is 431 g/mol. The van der Waals surface area contributed by atoms with E-state index < -0.39 is 5.97 Å². The first kappa shape index (κ1) is 21.1. The SMILES string of the molecule is O=C(O)c1ccc(OCCCO)c(C23CC4CC(CC(C4)C2)C3)c1C#Cc1ccccc1. The summed E-state index contributed by atoms with van der Waals surface area (Å²) in [5.41, 5.74) is 2.69. The summed E-state index contributed by atoms with van der Waals surface area (Å²) >= 11 is 0. The lowest BCUT2D eigenvalue weighted by Crippen LogP contribution is -2.49. The zero-order chi connectivity index (χ0) is 22.1. The molecule has 0 amide bonds. The van der Waals surface area contributed by atoms with Crippen LogP contribution < -0.4 is 4.74 Å². The van der Waals surface area contributed by atoms with Crippen molar-refractivity contribution in [1.29, 1.82) is 0 Å². The van der Waals surface area contributed by atoms with Crippen LogP contribution in [-0.4, -0.2) is 29.4 Å². The number of benzene rings is 2. The van der Waals surface area contributed by atoms with Gasteiger partial charge < -0.3 is 14.9 Å². The predicted molar refractivity (Wildman–Crippen MR) is 123 cm³/mol. The lowest BCUT2D eigenvalue weighted by Gasteiger charge is -2.57. The van der Waals surface area contributed by atoms with E-state index in [0.29, 0.717) is 18.6 Å². The number of aromatic carboxylic acids is 1. The minimum atomic E-state index is -0.949. The summed E-state index contributed by atoms with van der Waals surface area (Å²) in [4.78, 5) is 12.2. The Labute approximate surface area is 189 Å². The summed E-state index contributed by atoms with van der Waals surface area (Å²) in [6, 6.07) is 13.2. The maximum absolute atomic E-state index is 12.2. The van der Waals surface area contributed by atoms with Crippen LogP contribution in [0.15, 0.2) is 42.5 Å². The topological polar surface area (TPSA) is 66.8 Å². The molecule has 6 rings (SSSR count). The third-order valence-electron chi connectivity index (χ3n) is 7.63. The Hall–Kier alpha value is -2.77. The van der Waals surface area contributed by atoms with E-state index in [-0.39, 0.29) is 17.6 Å². The van der Waals surface area contributed by atoms with E-state index in [4.69, 9.17) is 4.74 Å². The van der Waals surface area contributed by atoms with E-state index in [1.54, 1.807) is 6.07 Å². The Morgan fingerprint density at radius 3 is 2.22 bits per heavy atom. The molecule has 0 saturated heterocycles. The van der Waals surface area contributed by atoms with E-state index in [1.165, 1.54) is 19.3 Å². The van der Waals surface area contributed by atoms with Gasteiger partial charge in [0.1, 0.15) is 5.75 Å². The van der Waals surface area contributed by atoms with Crippen LogP contribution in [0, 0.1) is 29.6 Å². The van der Waals surface area contributed by atoms with E-state index in [1.807, 2.05) is 36.4 Å². The molecule has 4 aliphatic carbocycles. The first-order valence-electron chi connectivity index (χ1n) is 11.8.